The third kappa shape index (κ3) is 3.63. The Morgan fingerprint density at radius 1 is 1.43 bits per heavy atom. The van der Waals surface area contributed by atoms with Crippen molar-refractivity contribution in [2.75, 3.05) is 0 Å². The molecule has 0 aliphatic heterocycles. The molecule has 1 saturated carbocycles. The summed E-state index contributed by atoms with van der Waals surface area (Å²) in [6, 6.07) is 1.98. The fourth-order valence-electron chi connectivity index (χ4n) is 2.71. The number of nitrogens with one attached hydrogen (secondary N) is 1. The first-order chi connectivity index (χ1) is 10.8. The maximum absolute atomic E-state index is 12.7. The minimum absolute atomic E-state index is 0.0180. The van der Waals surface area contributed by atoms with Crippen LogP contribution in [0.4, 0.5) is 0 Å². The van der Waals surface area contributed by atoms with Crippen LogP contribution in [-0.4, -0.2) is 31.3 Å². The van der Waals surface area contributed by atoms with Crippen molar-refractivity contribution in [3.8, 4) is 0 Å². The summed E-state index contributed by atoms with van der Waals surface area (Å²) < 4.78 is 3.82. The molecule has 2 aromatic rings. The van der Waals surface area contributed by atoms with Crippen LogP contribution in [0.3, 0.4) is 0 Å². The van der Waals surface area contributed by atoms with Gasteiger partial charge in [0, 0.05) is 30.9 Å². The summed E-state index contributed by atoms with van der Waals surface area (Å²) in [7, 11) is 0. The maximum Gasteiger partial charge on any atom is 0.269 e. The molecular weight excluding hydrogens is 290 g/mol. The summed E-state index contributed by atoms with van der Waals surface area (Å²) in [5.41, 5.74) is 1.48. The Labute approximate surface area is 136 Å². The summed E-state index contributed by atoms with van der Waals surface area (Å²) in [6.07, 6.45) is 7.75. The van der Waals surface area contributed by atoms with Gasteiger partial charge in [-0.25, -0.2) is 4.98 Å². The molecule has 1 aliphatic carbocycles. The highest BCUT2D eigenvalue weighted by atomic mass is 16.2. The molecule has 1 amide bonds. The zero-order valence-electron chi connectivity index (χ0n) is 14.3. The fourth-order valence-corrected chi connectivity index (χ4v) is 2.71. The highest BCUT2D eigenvalue weighted by Crippen LogP contribution is 2.40. The highest BCUT2D eigenvalue weighted by Gasteiger charge is 2.31. The molecule has 3 rings (SSSR count). The molecule has 0 unspecified atom stereocenters. The maximum atomic E-state index is 12.7. The number of nitrogens with zero attached hydrogens (tertiary/aromatic N) is 4. The van der Waals surface area contributed by atoms with E-state index >= 15 is 0 Å². The fraction of sp³-hybridized carbons (Fsp3) is 0.588. The average Bonchev–Trinajstić information content (AvgIpc) is 2.99. The second-order valence-electron chi connectivity index (χ2n) is 7.45. The third-order valence-electron chi connectivity index (χ3n) is 4.01. The van der Waals surface area contributed by atoms with E-state index in [9.17, 15) is 4.79 Å². The molecule has 0 aromatic carbocycles. The SMILES string of the molecule is C[C@H](Cn1ccnc1)NC(=O)c1cc(C2CC2)nn1C(C)(C)C. The van der Waals surface area contributed by atoms with Gasteiger partial charge in [-0.15, -0.1) is 0 Å². The zero-order valence-corrected chi connectivity index (χ0v) is 14.3. The van der Waals surface area contributed by atoms with E-state index in [0.29, 0.717) is 18.2 Å². The molecule has 6 nitrogen and oxygen atoms in total. The molecule has 6 heteroatoms. The number of imidazole rings is 1. The van der Waals surface area contributed by atoms with E-state index in [1.807, 2.05) is 28.4 Å². The number of carbonyl (C=O) groups is 1. The van der Waals surface area contributed by atoms with E-state index in [2.05, 4.69) is 36.2 Å². The van der Waals surface area contributed by atoms with E-state index in [1.54, 1.807) is 12.5 Å². The van der Waals surface area contributed by atoms with Crippen LogP contribution < -0.4 is 5.32 Å². The predicted octanol–water partition coefficient (Wildman–Crippen LogP) is 2.53. The molecule has 23 heavy (non-hydrogen) atoms. The summed E-state index contributed by atoms with van der Waals surface area (Å²) in [6.45, 7) is 8.91. The largest absolute Gasteiger partial charge is 0.346 e. The molecule has 0 spiro atoms. The number of hydrogen-bond acceptors (Lipinski definition) is 3. The zero-order chi connectivity index (χ0) is 16.6. The molecule has 2 heterocycles. The normalized spacial score (nSPS) is 16.3. The van der Waals surface area contributed by atoms with Crippen LogP contribution in [0.1, 0.15) is 62.6 Å². The molecule has 124 valence electrons. The van der Waals surface area contributed by atoms with Crippen molar-refractivity contribution in [2.24, 2.45) is 0 Å². The van der Waals surface area contributed by atoms with Gasteiger partial charge in [0.05, 0.1) is 17.6 Å². The van der Waals surface area contributed by atoms with Crippen LogP contribution in [0, 0.1) is 0 Å². The van der Waals surface area contributed by atoms with Gasteiger partial charge in [-0.3, -0.25) is 9.48 Å². The number of aromatic nitrogens is 4. The van der Waals surface area contributed by atoms with Crippen molar-refractivity contribution in [2.45, 2.75) is 64.6 Å². The van der Waals surface area contributed by atoms with E-state index in [1.165, 1.54) is 12.8 Å². The van der Waals surface area contributed by atoms with Crippen molar-refractivity contribution >= 4 is 5.91 Å². The molecule has 1 atom stereocenters. The summed E-state index contributed by atoms with van der Waals surface area (Å²) in [4.78, 5) is 16.7. The molecule has 2 aromatic heterocycles. The molecule has 1 N–H and O–H groups in total. The Balaban J connectivity index is 1.75. The van der Waals surface area contributed by atoms with Gasteiger partial charge in [0.25, 0.3) is 5.91 Å². The Morgan fingerprint density at radius 2 is 2.17 bits per heavy atom. The smallest absolute Gasteiger partial charge is 0.269 e. The van der Waals surface area contributed by atoms with Crippen LogP contribution in [0.2, 0.25) is 0 Å². The first kappa shape index (κ1) is 15.8. The van der Waals surface area contributed by atoms with Crippen molar-refractivity contribution in [1.29, 1.82) is 0 Å². The lowest BCUT2D eigenvalue weighted by Gasteiger charge is -2.23. The molecule has 1 fully saturated rings. The standard InChI is InChI=1S/C17H25N5O/c1-12(10-21-8-7-18-11-21)19-16(23)15-9-14(13-5-6-13)20-22(15)17(2,3)4/h7-9,11-13H,5-6,10H2,1-4H3,(H,19,23)/t12-/m1/s1. The van der Waals surface area contributed by atoms with Gasteiger partial charge in [-0.2, -0.15) is 5.10 Å². The molecule has 0 radical (unpaired) electrons. The summed E-state index contributed by atoms with van der Waals surface area (Å²) >= 11 is 0. The number of carbonyl (C=O) groups excluding carboxylic acids is 1. The second kappa shape index (κ2) is 5.83. The quantitative estimate of drug-likeness (QED) is 0.922. The van der Waals surface area contributed by atoms with Gasteiger partial charge in [0.15, 0.2) is 0 Å². The Morgan fingerprint density at radius 3 is 2.74 bits per heavy atom. The monoisotopic (exact) mass is 315 g/mol. The predicted molar refractivity (Wildman–Crippen MR) is 88.4 cm³/mol. The summed E-state index contributed by atoms with van der Waals surface area (Å²) in [5.74, 6) is 0.473. The van der Waals surface area contributed by atoms with E-state index in [0.717, 1.165) is 5.69 Å². The van der Waals surface area contributed by atoms with E-state index < -0.39 is 0 Å². The third-order valence-corrected chi connectivity index (χ3v) is 4.01. The lowest BCUT2D eigenvalue weighted by Crippen LogP contribution is -2.38. The molecule has 0 bridgehead atoms. The van der Waals surface area contributed by atoms with Crippen LogP contribution in [0.25, 0.3) is 0 Å². The average molecular weight is 315 g/mol. The molecule has 0 saturated heterocycles. The Bertz CT molecular complexity index is 676. The van der Waals surface area contributed by atoms with Gasteiger partial charge < -0.3 is 9.88 Å². The molecule has 1 aliphatic rings. The van der Waals surface area contributed by atoms with Crippen LogP contribution in [-0.2, 0) is 12.1 Å². The lowest BCUT2D eigenvalue weighted by atomic mass is 10.1. The minimum atomic E-state index is -0.215. The van der Waals surface area contributed by atoms with Crippen LogP contribution in [0.5, 0.6) is 0 Å². The van der Waals surface area contributed by atoms with Crippen LogP contribution >= 0.6 is 0 Å². The Hall–Kier alpha value is -2.11. The number of amides is 1. The second-order valence-corrected chi connectivity index (χ2v) is 7.45. The van der Waals surface area contributed by atoms with Crippen molar-refractivity contribution in [3.05, 3.63) is 36.2 Å². The van der Waals surface area contributed by atoms with Gasteiger partial charge in [0.2, 0.25) is 0 Å². The van der Waals surface area contributed by atoms with Gasteiger partial charge in [-0.1, -0.05) is 0 Å². The van der Waals surface area contributed by atoms with Crippen molar-refractivity contribution in [3.63, 3.8) is 0 Å². The highest BCUT2D eigenvalue weighted by molar-refractivity contribution is 5.93. The summed E-state index contributed by atoms with van der Waals surface area (Å²) in [5, 5.41) is 7.76. The van der Waals surface area contributed by atoms with Crippen molar-refractivity contribution < 1.29 is 4.79 Å². The topological polar surface area (TPSA) is 64.7 Å². The molecular formula is C17H25N5O. The first-order valence-electron chi connectivity index (χ1n) is 8.21. The number of hydrogen-bond donors (Lipinski definition) is 1. The van der Waals surface area contributed by atoms with Crippen molar-refractivity contribution in [1.82, 2.24) is 24.6 Å². The van der Waals surface area contributed by atoms with Gasteiger partial charge in [0.1, 0.15) is 5.69 Å². The van der Waals surface area contributed by atoms with E-state index in [4.69, 9.17) is 0 Å². The lowest BCUT2D eigenvalue weighted by molar-refractivity contribution is 0.0918. The minimum Gasteiger partial charge on any atom is -0.346 e. The van der Waals surface area contributed by atoms with Gasteiger partial charge >= 0.3 is 0 Å². The van der Waals surface area contributed by atoms with E-state index in [-0.39, 0.29) is 17.5 Å². The number of rotatable bonds is 5. The first-order valence-corrected chi connectivity index (χ1v) is 8.21. The van der Waals surface area contributed by atoms with Gasteiger partial charge in [-0.05, 0) is 46.6 Å². The van der Waals surface area contributed by atoms with Crippen LogP contribution in [0.15, 0.2) is 24.8 Å². The Kier molecular flexibility index (Phi) is 4.00.